The van der Waals surface area contributed by atoms with Gasteiger partial charge in [0, 0.05) is 6.54 Å². The first-order valence-corrected chi connectivity index (χ1v) is 5.61. The Morgan fingerprint density at radius 2 is 2.21 bits per heavy atom. The molecule has 3 atom stereocenters. The van der Waals surface area contributed by atoms with Crippen LogP contribution in [0.2, 0.25) is 0 Å². The third kappa shape index (κ3) is 2.45. The fraction of sp³-hybridized carbons (Fsp3) is 0.600. The van der Waals surface area contributed by atoms with E-state index in [4.69, 9.17) is 5.11 Å². The maximum absolute atomic E-state index is 13.1. The van der Waals surface area contributed by atoms with Crippen molar-refractivity contribution in [2.75, 3.05) is 13.2 Å². The molecule has 2 rings (SSSR count). The predicted octanol–water partition coefficient (Wildman–Crippen LogP) is -3.27. The van der Waals surface area contributed by atoms with Crippen LogP contribution in [0.15, 0.2) is 15.8 Å². The Kier molecular flexibility index (Phi) is 3.54. The number of nitrogens with one attached hydrogen (secondary N) is 2. The molecular weight excluding hydrogens is 261 g/mol. The SMILES string of the molecule is O=c1[nH]c(=O)n(C[C@]2(O)CN[C@H](CO)[C@H]2O)cc1F. The summed E-state index contributed by atoms with van der Waals surface area (Å²) in [6.45, 7) is -0.880. The van der Waals surface area contributed by atoms with E-state index >= 15 is 0 Å². The molecule has 0 amide bonds. The van der Waals surface area contributed by atoms with Crippen LogP contribution in [0.4, 0.5) is 4.39 Å². The summed E-state index contributed by atoms with van der Waals surface area (Å²) in [6.07, 6.45) is -0.655. The van der Waals surface area contributed by atoms with Crippen molar-refractivity contribution in [3.63, 3.8) is 0 Å². The van der Waals surface area contributed by atoms with Crippen LogP contribution in [-0.4, -0.2) is 55.8 Å². The summed E-state index contributed by atoms with van der Waals surface area (Å²) in [7, 11) is 0. The van der Waals surface area contributed by atoms with Crippen LogP contribution < -0.4 is 16.6 Å². The highest BCUT2D eigenvalue weighted by Crippen LogP contribution is 2.21. The van der Waals surface area contributed by atoms with E-state index in [-0.39, 0.29) is 6.54 Å². The standard InChI is InChI=1S/C10H14FN3O5/c11-5-1-14(9(18)13-8(5)17)4-10(19)3-12-6(2-15)7(10)16/h1,6-7,12,15-16,19H,2-4H2,(H,13,17,18)/t6-,7-,10-/m1/s1. The van der Waals surface area contributed by atoms with Gasteiger partial charge in [-0.3, -0.25) is 14.3 Å². The minimum Gasteiger partial charge on any atom is -0.395 e. The highest BCUT2D eigenvalue weighted by atomic mass is 19.1. The van der Waals surface area contributed by atoms with Crippen molar-refractivity contribution >= 4 is 0 Å². The molecule has 106 valence electrons. The monoisotopic (exact) mass is 275 g/mol. The fourth-order valence-corrected chi connectivity index (χ4v) is 2.11. The zero-order valence-electron chi connectivity index (χ0n) is 9.84. The molecule has 1 aromatic rings. The van der Waals surface area contributed by atoms with Gasteiger partial charge >= 0.3 is 5.69 Å². The van der Waals surface area contributed by atoms with E-state index in [1.165, 1.54) is 0 Å². The summed E-state index contributed by atoms with van der Waals surface area (Å²) < 4.78 is 13.9. The van der Waals surface area contributed by atoms with Crippen LogP contribution in [0, 0.1) is 5.82 Å². The molecular formula is C10H14FN3O5. The predicted molar refractivity (Wildman–Crippen MR) is 61.1 cm³/mol. The van der Waals surface area contributed by atoms with Crippen LogP contribution in [0.5, 0.6) is 0 Å². The first kappa shape index (κ1) is 13.9. The maximum Gasteiger partial charge on any atom is 0.328 e. The van der Waals surface area contributed by atoms with E-state index in [0.29, 0.717) is 6.20 Å². The summed E-state index contributed by atoms with van der Waals surface area (Å²) in [5.41, 5.74) is -3.77. The molecule has 0 unspecified atom stereocenters. The Balaban J connectivity index is 2.29. The van der Waals surface area contributed by atoms with Crippen LogP contribution >= 0.6 is 0 Å². The highest BCUT2D eigenvalue weighted by molar-refractivity contribution is 5.03. The molecule has 0 radical (unpaired) electrons. The van der Waals surface area contributed by atoms with Crippen molar-refractivity contribution in [1.82, 2.24) is 14.9 Å². The van der Waals surface area contributed by atoms with Gasteiger partial charge in [-0.2, -0.15) is 4.39 Å². The molecule has 1 fully saturated rings. The molecule has 1 aromatic heterocycles. The minimum absolute atomic E-state index is 0.0768. The molecule has 0 spiro atoms. The molecule has 1 aliphatic rings. The topological polar surface area (TPSA) is 128 Å². The van der Waals surface area contributed by atoms with Crippen molar-refractivity contribution in [2.45, 2.75) is 24.3 Å². The van der Waals surface area contributed by atoms with Crippen molar-refractivity contribution < 1.29 is 19.7 Å². The second-order valence-electron chi connectivity index (χ2n) is 4.58. The Morgan fingerprint density at radius 3 is 2.79 bits per heavy atom. The lowest BCUT2D eigenvalue weighted by molar-refractivity contribution is -0.0655. The molecule has 9 heteroatoms. The lowest BCUT2D eigenvalue weighted by Gasteiger charge is -2.27. The number of rotatable bonds is 3. The number of hydrogen-bond donors (Lipinski definition) is 5. The van der Waals surface area contributed by atoms with Gasteiger partial charge < -0.3 is 20.6 Å². The van der Waals surface area contributed by atoms with E-state index in [0.717, 1.165) is 4.57 Å². The van der Waals surface area contributed by atoms with Gasteiger partial charge in [0.05, 0.1) is 25.4 Å². The zero-order chi connectivity index (χ0) is 14.2. The van der Waals surface area contributed by atoms with Gasteiger partial charge in [-0.25, -0.2) is 4.79 Å². The average molecular weight is 275 g/mol. The van der Waals surface area contributed by atoms with Crippen LogP contribution in [0.25, 0.3) is 0 Å². The van der Waals surface area contributed by atoms with Crippen molar-refractivity contribution in [3.8, 4) is 0 Å². The summed E-state index contributed by atoms with van der Waals surface area (Å²) >= 11 is 0. The van der Waals surface area contributed by atoms with Gasteiger partial charge in [0.1, 0.15) is 11.7 Å². The molecule has 0 saturated carbocycles. The molecule has 0 aromatic carbocycles. The fourth-order valence-electron chi connectivity index (χ4n) is 2.11. The lowest BCUT2D eigenvalue weighted by atomic mass is 9.96. The van der Waals surface area contributed by atoms with Gasteiger partial charge in [-0.05, 0) is 0 Å². The highest BCUT2D eigenvalue weighted by Gasteiger charge is 2.46. The molecule has 8 nitrogen and oxygen atoms in total. The summed E-state index contributed by atoms with van der Waals surface area (Å²) in [5, 5.41) is 31.7. The Labute approximate surface area is 106 Å². The molecule has 0 bridgehead atoms. The van der Waals surface area contributed by atoms with Gasteiger partial charge in [-0.1, -0.05) is 0 Å². The average Bonchev–Trinajstić information content (AvgIpc) is 2.63. The Bertz CT molecular complexity index is 585. The van der Waals surface area contributed by atoms with Crippen molar-refractivity contribution in [2.24, 2.45) is 0 Å². The van der Waals surface area contributed by atoms with Gasteiger partial charge in [-0.15, -0.1) is 0 Å². The first-order chi connectivity index (χ1) is 8.87. The number of hydrogen-bond acceptors (Lipinski definition) is 6. The molecule has 19 heavy (non-hydrogen) atoms. The van der Waals surface area contributed by atoms with Crippen molar-refractivity contribution in [1.29, 1.82) is 0 Å². The summed E-state index contributed by atoms with van der Waals surface area (Å²) in [6, 6.07) is -0.728. The van der Waals surface area contributed by atoms with Gasteiger partial charge in [0.15, 0.2) is 0 Å². The van der Waals surface area contributed by atoms with E-state index in [9.17, 15) is 24.2 Å². The Hall–Kier alpha value is -1.55. The Morgan fingerprint density at radius 1 is 1.53 bits per heavy atom. The number of aliphatic hydroxyl groups excluding tert-OH is 2. The number of nitrogens with zero attached hydrogens (tertiary/aromatic N) is 1. The minimum atomic E-state index is -1.73. The van der Waals surface area contributed by atoms with Crippen LogP contribution in [0.3, 0.4) is 0 Å². The number of halogens is 1. The van der Waals surface area contributed by atoms with E-state index < -0.39 is 48.0 Å². The lowest BCUT2D eigenvalue weighted by Crippen LogP contribution is -2.50. The molecule has 5 N–H and O–H groups in total. The first-order valence-electron chi connectivity index (χ1n) is 5.61. The number of aromatic nitrogens is 2. The second kappa shape index (κ2) is 4.85. The smallest absolute Gasteiger partial charge is 0.328 e. The largest absolute Gasteiger partial charge is 0.395 e. The molecule has 1 saturated heterocycles. The molecule has 0 aliphatic carbocycles. The third-order valence-electron chi connectivity index (χ3n) is 3.21. The second-order valence-corrected chi connectivity index (χ2v) is 4.58. The van der Waals surface area contributed by atoms with E-state index in [1.54, 1.807) is 4.98 Å². The summed E-state index contributed by atoms with van der Waals surface area (Å²) in [4.78, 5) is 24.1. The number of aromatic amines is 1. The normalized spacial score (nSPS) is 30.7. The van der Waals surface area contributed by atoms with Gasteiger partial charge in [0.25, 0.3) is 5.56 Å². The number of aliphatic hydroxyl groups is 3. The molecule has 1 aliphatic heterocycles. The van der Waals surface area contributed by atoms with Crippen LogP contribution in [-0.2, 0) is 6.54 Å². The maximum atomic E-state index is 13.1. The van der Waals surface area contributed by atoms with E-state index in [2.05, 4.69) is 5.32 Å². The van der Waals surface area contributed by atoms with Gasteiger partial charge in [0.2, 0.25) is 5.82 Å². The van der Waals surface area contributed by atoms with Crippen LogP contribution in [0.1, 0.15) is 0 Å². The van der Waals surface area contributed by atoms with Crippen molar-refractivity contribution in [3.05, 3.63) is 32.9 Å². The van der Waals surface area contributed by atoms with E-state index in [1.807, 2.05) is 0 Å². The number of β-amino-alcohol motifs (C(OH)–C–C–N with tert-alkyl or cyclic N) is 1. The zero-order valence-corrected chi connectivity index (χ0v) is 9.84. The number of H-pyrrole nitrogens is 1. The summed E-state index contributed by atoms with van der Waals surface area (Å²) in [5.74, 6) is -1.16. The third-order valence-corrected chi connectivity index (χ3v) is 3.21. The molecule has 2 heterocycles. The quantitative estimate of drug-likeness (QED) is 0.394.